The SMILES string of the molecule is CC(=O)N(C)Cc1cn(-c2cccc(Cl)c2Cl)nn1. The molecule has 0 N–H and O–H groups in total. The summed E-state index contributed by atoms with van der Waals surface area (Å²) in [4.78, 5) is 12.7. The molecule has 1 aromatic heterocycles. The van der Waals surface area contributed by atoms with Crippen molar-refractivity contribution in [3.05, 3.63) is 40.1 Å². The molecule has 0 fully saturated rings. The molecule has 0 bridgehead atoms. The summed E-state index contributed by atoms with van der Waals surface area (Å²) in [5, 5.41) is 8.86. The number of amides is 1. The Morgan fingerprint density at radius 3 is 2.84 bits per heavy atom. The average molecular weight is 299 g/mol. The van der Waals surface area contributed by atoms with Gasteiger partial charge in [0, 0.05) is 14.0 Å². The van der Waals surface area contributed by atoms with Crippen LogP contribution >= 0.6 is 23.2 Å². The summed E-state index contributed by atoms with van der Waals surface area (Å²) in [6.07, 6.45) is 1.72. The number of hydrogen-bond acceptors (Lipinski definition) is 3. The van der Waals surface area contributed by atoms with Crippen LogP contribution in [0.4, 0.5) is 0 Å². The Labute approximate surface area is 120 Å². The van der Waals surface area contributed by atoms with Crippen LogP contribution in [0.15, 0.2) is 24.4 Å². The van der Waals surface area contributed by atoms with E-state index in [1.165, 1.54) is 11.6 Å². The zero-order valence-electron chi connectivity index (χ0n) is 10.5. The minimum absolute atomic E-state index is 0.0321. The van der Waals surface area contributed by atoms with E-state index < -0.39 is 0 Å². The van der Waals surface area contributed by atoms with E-state index in [1.54, 1.807) is 36.3 Å². The lowest BCUT2D eigenvalue weighted by Crippen LogP contribution is -2.23. The highest BCUT2D eigenvalue weighted by atomic mass is 35.5. The third-order valence-electron chi connectivity index (χ3n) is 2.66. The van der Waals surface area contributed by atoms with Gasteiger partial charge in [0.25, 0.3) is 0 Å². The van der Waals surface area contributed by atoms with Crippen LogP contribution in [0, 0.1) is 0 Å². The number of rotatable bonds is 3. The minimum Gasteiger partial charge on any atom is -0.340 e. The molecule has 0 aliphatic rings. The first-order valence-corrected chi connectivity index (χ1v) is 6.32. The highest BCUT2D eigenvalue weighted by Crippen LogP contribution is 2.27. The van der Waals surface area contributed by atoms with Gasteiger partial charge in [-0.2, -0.15) is 0 Å². The number of nitrogens with zero attached hydrogens (tertiary/aromatic N) is 4. The molecular weight excluding hydrogens is 287 g/mol. The van der Waals surface area contributed by atoms with E-state index in [0.717, 1.165) is 0 Å². The van der Waals surface area contributed by atoms with Gasteiger partial charge in [-0.25, -0.2) is 4.68 Å². The van der Waals surface area contributed by atoms with Crippen LogP contribution in [-0.4, -0.2) is 32.8 Å². The summed E-state index contributed by atoms with van der Waals surface area (Å²) >= 11 is 12.1. The first-order chi connectivity index (χ1) is 8.99. The smallest absolute Gasteiger partial charge is 0.219 e. The standard InChI is InChI=1S/C12H12Cl2N4O/c1-8(19)17(2)6-9-7-18(16-15-9)11-5-3-4-10(13)12(11)14/h3-5,7H,6H2,1-2H3. The van der Waals surface area contributed by atoms with E-state index in [9.17, 15) is 4.79 Å². The lowest BCUT2D eigenvalue weighted by molar-refractivity contribution is -0.128. The van der Waals surface area contributed by atoms with E-state index >= 15 is 0 Å². The topological polar surface area (TPSA) is 51.0 Å². The highest BCUT2D eigenvalue weighted by Gasteiger charge is 2.11. The Hall–Kier alpha value is -1.59. The summed E-state index contributed by atoms with van der Waals surface area (Å²) in [6.45, 7) is 1.89. The van der Waals surface area contributed by atoms with E-state index in [1.807, 2.05) is 0 Å². The lowest BCUT2D eigenvalue weighted by atomic mass is 10.3. The Bertz CT molecular complexity index is 612. The van der Waals surface area contributed by atoms with Gasteiger partial charge in [0.2, 0.25) is 5.91 Å². The van der Waals surface area contributed by atoms with Crippen LogP contribution < -0.4 is 0 Å². The fourth-order valence-corrected chi connectivity index (χ4v) is 1.89. The molecule has 0 saturated carbocycles. The molecule has 19 heavy (non-hydrogen) atoms. The maximum atomic E-state index is 11.2. The Kier molecular flexibility index (Phi) is 4.07. The number of aromatic nitrogens is 3. The van der Waals surface area contributed by atoms with Gasteiger partial charge in [-0.1, -0.05) is 34.5 Å². The second-order valence-corrected chi connectivity index (χ2v) is 4.89. The van der Waals surface area contributed by atoms with Gasteiger partial charge in [0.15, 0.2) is 0 Å². The zero-order valence-corrected chi connectivity index (χ0v) is 12.0. The second-order valence-electron chi connectivity index (χ2n) is 4.10. The quantitative estimate of drug-likeness (QED) is 0.875. The van der Waals surface area contributed by atoms with Gasteiger partial charge in [-0.15, -0.1) is 5.10 Å². The van der Waals surface area contributed by atoms with Crippen molar-refractivity contribution in [2.75, 3.05) is 7.05 Å². The predicted octanol–water partition coefficient (Wildman–Crippen LogP) is 2.55. The molecule has 0 spiro atoms. The maximum Gasteiger partial charge on any atom is 0.219 e. The molecule has 1 aromatic carbocycles. The fraction of sp³-hybridized carbons (Fsp3) is 0.250. The minimum atomic E-state index is -0.0321. The van der Waals surface area contributed by atoms with Gasteiger partial charge in [-0.3, -0.25) is 4.79 Å². The van der Waals surface area contributed by atoms with Crippen LogP contribution in [0.3, 0.4) is 0 Å². The van der Waals surface area contributed by atoms with E-state index in [0.29, 0.717) is 28.0 Å². The van der Waals surface area contributed by atoms with Crippen LogP contribution in [0.2, 0.25) is 10.0 Å². The molecular formula is C12H12Cl2N4O. The molecule has 0 aliphatic heterocycles. The predicted molar refractivity (Wildman–Crippen MR) is 73.5 cm³/mol. The first kappa shape index (κ1) is 13.8. The normalized spacial score (nSPS) is 10.5. The monoisotopic (exact) mass is 298 g/mol. The van der Waals surface area contributed by atoms with Crippen molar-refractivity contribution in [3.8, 4) is 5.69 Å². The molecule has 0 saturated heterocycles. The Morgan fingerprint density at radius 1 is 1.42 bits per heavy atom. The second kappa shape index (κ2) is 5.59. The fourth-order valence-electron chi connectivity index (χ4n) is 1.51. The molecule has 0 radical (unpaired) electrons. The molecule has 5 nitrogen and oxygen atoms in total. The van der Waals surface area contributed by atoms with Crippen molar-refractivity contribution in [3.63, 3.8) is 0 Å². The summed E-state index contributed by atoms with van der Waals surface area (Å²) in [5.41, 5.74) is 1.33. The molecule has 7 heteroatoms. The number of hydrogen-bond donors (Lipinski definition) is 0. The van der Waals surface area contributed by atoms with Gasteiger partial charge >= 0.3 is 0 Å². The molecule has 1 amide bonds. The average Bonchev–Trinajstić information content (AvgIpc) is 2.81. The molecule has 0 aliphatic carbocycles. The lowest BCUT2D eigenvalue weighted by Gasteiger charge is -2.11. The zero-order chi connectivity index (χ0) is 14.0. The molecule has 100 valence electrons. The van der Waals surface area contributed by atoms with E-state index in [4.69, 9.17) is 23.2 Å². The van der Waals surface area contributed by atoms with Gasteiger partial charge in [0.1, 0.15) is 5.69 Å². The maximum absolute atomic E-state index is 11.2. The van der Waals surface area contributed by atoms with Crippen LogP contribution in [0.25, 0.3) is 5.69 Å². The van der Waals surface area contributed by atoms with Gasteiger partial charge in [0.05, 0.1) is 28.5 Å². The van der Waals surface area contributed by atoms with Crippen molar-refractivity contribution in [1.82, 2.24) is 19.9 Å². The van der Waals surface area contributed by atoms with Crippen molar-refractivity contribution in [2.45, 2.75) is 13.5 Å². The molecule has 2 aromatic rings. The van der Waals surface area contributed by atoms with Gasteiger partial charge in [-0.05, 0) is 12.1 Å². The summed E-state index contributed by atoms with van der Waals surface area (Å²) in [7, 11) is 1.70. The van der Waals surface area contributed by atoms with Crippen molar-refractivity contribution < 1.29 is 4.79 Å². The summed E-state index contributed by atoms with van der Waals surface area (Å²) < 4.78 is 1.54. The van der Waals surface area contributed by atoms with E-state index in [2.05, 4.69) is 10.3 Å². The Balaban J connectivity index is 2.26. The molecule has 0 unspecified atom stereocenters. The highest BCUT2D eigenvalue weighted by molar-refractivity contribution is 6.43. The van der Waals surface area contributed by atoms with Crippen molar-refractivity contribution >= 4 is 29.1 Å². The molecule has 2 rings (SSSR count). The van der Waals surface area contributed by atoms with E-state index in [-0.39, 0.29) is 5.91 Å². The third-order valence-corrected chi connectivity index (χ3v) is 3.46. The van der Waals surface area contributed by atoms with Crippen molar-refractivity contribution in [1.29, 1.82) is 0 Å². The Morgan fingerprint density at radius 2 is 2.16 bits per heavy atom. The number of carbonyl (C=O) groups is 1. The summed E-state index contributed by atoms with van der Waals surface area (Å²) in [5.74, 6) is -0.0321. The number of halogens is 2. The molecule has 1 heterocycles. The first-order valence-electron chi connectivity index (χ1n) is 5.56. The van der Waals surface area contributed by atoms with Crippen LogP contribution in [-0.2, 0) is 11.3 Å². The van der Waals surface area contributed by atoms with Crippen molar-refractivity contribution in [2.24, 2.45) is 0 Å². The molecule has 0 atom stereocenters. The third kappa shape index (κ3) is 3.05. The van der Waals surface area contributed by atoms with Crippen LogP contribution in [0.1, 0.15) is 12.6 Å². The van der Waals surface area contributed by atoms with Crippen LogP contribution in [0.5, 0.6) is 0 Å². The summed E-state index contributed by atoms with van der Waals surface area (Å²) in [6, 6.07) is 5.28. The largest absolute Gasteiger partial charge is 0.340 e. The van der Waals surface area contributed by atoms with Gasteiger partial charge < -0.3 is 4.90 Å². The number of carbonyl (C=O) groups excluding carboxylic acids is 1. The number of benzene rings is 1.